The molecule has 4 nitrogen and oxygen atoms in total. The maximum atomic E-state index is 5.81. The van der Waals surface area contributed by atoms with Crippen LogP contribution in [0.2, 0.25) is 0 Å². The van der Waals surface area contributed by atoms with Crippen molar-refractivity contribution in [1.82, 2.24) is 5.32 Å². The van der Waals surface area contributed by atoms with Crippen molar-refractivity contribution >= 4 is 0 Å². The molecular weight excluding hydrogens is 242 g/mol. The van der Waals surface area contributed by atoms with E-state index in [2.05, 4.69) is 11.4 Å². The molecule has 1 atom stereocenters. The molecule has 1 aromatic heterocycles. The largest absolute Gasteiger partial charge is 0.493 e. The van der Waals surface area contributed by atoms with Gasteiger partial charge in [0, 0.05) is 6.04 Å². The van der Waals surface area contributed by atoms with Crippen LogP contribution in [0.15, 0.2) is 41.0 Å². The summed E-state index contributed by atoms with van der Waals surface area (Å²) < 4.78 is 16.4. The van der Waals surface area contributed by atoms with Crippen molar-refractivity contribution in [1.29, 1.82) is 0 Å². The Morgan fingerprint density at radius 2 is 2.26 bits per heavy atom. The predicted octanol–water partition coefficient (Wildman–Crippen LogP) is 2.38. The van der Waals surface area contributed by atoms with Crippen LogP contribution in [0.1, 0.15) is 11.3 Å². The van der Waals surface area contributed by atoms with Crippen molar-refractivity contribution in [2.24, 2.45) is 0 Å². The molecule has 0 bridgehead atoms. The number of furan rings is 1. The smallest absolute Gasteiger partial charge is 0.164 e. The fourth-order valence-corrected chi connectivity index (χ4v) is 2.34. The molecule has 0 unspecified atom stereocenters. The predicted molar refractivity (Wildman–Crippen MR) is 71.5 cm³/mol. The van der Waals surface area contributed by atoms with Crippen molar-refractivity contribution in [2.45, 2.75) is 19.0 Å². The molecule has 0 amide bonds. The van der Waals surface area contributed by atoms with Gasteiger partial charge in [-0.1, -0.05) is 12.1 Å². The Balaban J connectivity index is 1.65. The van der Waals surface area contributed by atoms with Gasteiger partial charge in [-0.05, 0) is 30.2 Å². The van der Waals surface area contributed by atoms with Crippen LogP contribution in [0.25, 0.3) is 0 Å². The fraction of sp³-hybridized carbons (Fsp3) is 0.333. The second kappa shape index (κ2) is 5.36. The Kier molecular flexibility index (Phi) is 3.42. The maximum absolute atomic E-state index is 5.81. The third kappa shape index (κ3) is 2.58. The Labute approximate surface area is 112 Å². The number of para-hydroxylation sites is 1. The Hall–Kier alpha value is -1.94. The van der Waals surface area contributed by atoms with E-state index in [1.165, 1.54) is 5.56 Å². The van der Waals surface area contributed by atoms with E-state index in [9.17, 15) is 0 Å². The van der Waals surface area contributed by atoms with Gasteiger partial charge in [0.1, 0.15) is 12.4 Å². The Morgan fingerprint density at radius 1 is 1.32 bits per heavy atom. The number of fused-ring (bicyclic) bond motifs is 1. The summed E-state index contributed by atoms with van der Waals surface area (Å²) in [5.74, 6) is 2.62. The molecule has 19 heavy (non-hydrogen) atoms. The van der Waals surface area contributed by atoms with E-state index in [1.54, 1.807) is 13.4 Å². The van der Waals surface area contributed by atoms with E-state index in [0.717, 1.165) is 30.2 Å². The SMILES string of the molecule is COc1cccc2c1OC[C@H](NCc1ccco1)C2. The van der Waals surface area contributed by atoms with Gasteiger partial charge in [-0.15, -0.1) is 0 Å². The quantitative estimate of drug-likeness (QED) is 0.915. The van der Waals surface area contributed by atoms with Gasteiger partial charge < -0.3 is 19.2 Å². The van der Waals surface area contributed by atoms with E-state index >= 15 is 0 Å². The van der Waals surface area contributed by atoms with E-state index < -0.39 is 0 Å². The van der Waals surface area contributed by atoms with Gasteiger partial charge >= 0.3 is 0 Å². The molecule has 3 rings (SSSR count). The summed E-state index contributed by atoms with van der Waals surface area (Å²) in [6.45, 7) is 1.37. The van der Waals surface area contributed by atoms with Crippen LogP contribution in [0, 0.1) is 0 Å². The second-order valence-electron chi connectivity index (χ2n) is 4.62. The molecule has 0 radical (unpaired) electrons. The fourth-order valence-electron chi connectivity index (χ4n) is 2.34. The topological polar surface area (TPSA) is 43.6 Å². The first kappa shape index (κ1) is 12.1. The molecule has 100 valence electrons. The number of hydrogen-bond acceptors (Lipinski definition) is 4. The van der Waals surface area contributed by atoms with Gasteiger partial charge in [-0.25, -0.2) is 0 Å². The minimum Gasteiger partial charge on any atom is -0.493 e. The van der Waals surface area contributed by atoms with E-state index in [1.807, 2.05) is 24.3 Å². The summed E-state index contributed by atoms with van der Waals surface area (Å²) in [6, 6.07) is 10.2. The van der Waals surface area contributed by atoms with Gasteiger partial charge in [0.25, 0.3) is 0 Å². The molecular formula is C15H17NO3. The first-order valence-corrected chi connectivity index (χ1v) is 6.41. The molecule has 0 saturated carbocycles. The molecule has 1 aliphatic heterocycles. The summed E-state index contributed by atoms with van der Waals surface area (Å²) in [7, 11) is 1.67. The molecule has 0 fully saturated rings. The van der Waals surface area contributed by atoms with Crippen molar-refractivity contribution in [3.8, 4) is 11.5 Å². The van der Waals surface area contributed by atoms with Crippen LogP contribution in [0.5, 0.6) is 11.5 Å². The van der Waals surface area contributed by atoms with Crippen molar-refractivity contribution in [3.63, 3.8) is 0 Å². The zero-order valence-electron chi connectivity index (χ0n) is 10.9. The number of ether oxygens (including phenoxy) is 2. The summed E-state index contributed by atoms with van der Waals surface area (Å²) in [5.41, 5.74) is 1.18. The highest BCUT2D eigenvalue weighted by molar-refractivity contribution is 5.48. The Bertz CT molecular complexity index is 536. The third-order valence-corrected chi connectivity index (χ3v) is 3.32. The summed E-state index contributed by atoms with van der Waals surface area (Å²) in [6.07, 6.45) is 2.63. The zero-order valence-corrected chi connectivity index (χ0v) is 10.9. The molecule has 1 aliphatic rings. The van der Waals surface area contributed by atoms with E-state index in [4.69, 9.17) is 13.9 Å². The number of nitrogens with one attached hydrogen (secondary N) is 1. The Morgan fingerprint density at radius 3 is 3.05 bits per heavy atom. The van der Waals surface area contributed by atoms with Crippen LogP contribution in [0.3, 0.4) is 0 Å². The van der Waals surface area contributed by atoms with Crippen molar-refractivity contribution < 1.29 is 13.9 Å². The van der Waals surface area contributed by atoms with Crippen molar-refractivity contribution in [3.05, 3.63) is 47.9 Å². The first-order valence-electron chi connectivity index (χ1n) is 6.41. The average Bonchev–Trinajstić information content (AvgIpc) is 2.97. The normalized spacial score (nSPS) is 17.6. The highest BCUT2D eigenvalue weighted by Crippen LogP contribution is 2.34. The van der Waals surface area contributed by atoms with Gasteiger partial charge in [-0.2, -0.15) is 0 Å². The number of rotatable bonds is 4. The lowest BCUT2D eigenvalue weighted by Gasteiger charge is -2.27. The van der Waals surface area contributed by atoms with Gasteiger partial charge in [-0.3, -0.25) is 0 Å². The van der Waals surface area contributed by atoms with Gasteiger partial charge in [0.2, 0.25) is 0 Å². The molecule has 1 aromatic carbocycles. The summed E-state index contributed by atoms with van der Waals surface area (Å²) >= 11 is 0. The van der Waals surface area contributed by atoms with Crippen LogP contribution >= 0.6 is 0 Å². The lowest BCUT2D eigenvalue weighted by molar-refractivity contribution is 0.224. The number of benzene rings is 1. The molecule has 0 spiro atoms. The van der Waals surface area contributed by atoms with Crippen LogP contribution in [-0.2, 0) is 13.0 Å². The summed E-state index contributed by atoms with van der Waals surface area (Å²) in [4.78, 5) is 0. The average molecular weight is 259 g/mol. The minimum absolute atomic E-state index is 0.296. The van der Waals surface area contributed by atoms with Crippen LogP contribution < -0.4 is 14.8 Å². The summed E-state index contributed by atoms with van der Waals surface area (Å²) in [5, 5.41) is 3.44. The molecule has 0 aliphatic carbocycles. The highest BCUT2D eigenvalue weighted by atomic mass is 16.5. The zero-order chi connectivity index (χ0) is 13.1. The maximum Gasteiger partial charge on any atom is 0.164 e. The minimum atomic E-state index is 0.296. The van der Waals surface area contributed by atoms with Crippen LogP contribution in [0.4, 0.5) is 0 Å². The standard InChI is InChI=1S/C15H17NO3/c1-17-14-6-2-4-11-8-12(10-19-15(11)14)16-9-13-5-3-7-18-13/h2-7,12,16H,8-10H2,1H3/t12-/m1/s1. The number of hydrogen-bond donors (Lipinski definition) is 1. The number of methoxy groups -OCH3 is 1. The van der Waals surface area contributed by atoms with Gasteiger partial charge in [0.05, 0.1) is 19.9 Å². The highest BCUT2D eigenvalue weighted by Gasteiger charge is 2.22. The molecule has 2 heterocycles. The molecule has 1 N–H and O–H groups in total. The second-order valence-corrected chi connectivity index (χ2v) is 4.62. The van der Waals surface area contributed by atoms with E-state index in [0.29, 0.717) is 12.6 Å². The third-order valence-electron chi connectivity index (χ3n) is 3.32. The van der Waals surface area contributed by atoms with Crippen LogP contribution in [-0.4, -0.2) is 19.8 Å². The molecule has 2 aromatic rings. The molecule has 4 heteroatoms. The van der Waals surface area contributed by atoms with Crippen molar-refractivity contribution in [2.75, 3.05) is 13.7 Å². The lowest BCUT2D eigenvalue weighted by atomic mass is 10.0. The van der Waals surface area contributed by atoms with Gasteiger partial charge in [0.15, 0.2) is 11.5 Å². The lowest BCUT2D eigenvalue weighted by Crippen LogP contribution is -2.38. The monoisotopic (exact) mass is 259 g/mol. The van der Waals surface area contributed by atoms with E-state index in [-0.39, 0.29) is 0 Å². The molecule has 0 saturated heterocycles. The first-order chi connectivity index (χ1) is 9.36.